The summed E-state index contributed by atoms with van der Waals surface area (Å²) in [5.41, 5.74) is 8.40. The van der Waals surface area contributed by atoms with Crippen LogP contribution in [0.2, 0.25) is 0 Å². The fraction of sp³-hybridized carbons (Fsp3) is 0.235. The summed E-state index contributed by atoms with van der Waals surface area (Å²) in [4.78, 5) is 9.71. The minimum atomic E-state index is 0.465. The van der Waals surface area contributed by atoms with Gasteiger partial charge in [0.05, 0.1) is 22.1 Å². The second-order valence-corrected chi connectivity index (χ2v) is 11.2. The van der Waals surface area contributed by atoms with Crippen molar-refractivity contribution >= 4 is 45.3 Å². The molecule has 0 unspecified atom stereocenters. The van der Waals surface area contributed by atoms with Crippen molar-refractivity contribution in [1.82, 2.24) is 19.1 Å². The summed E-state index contributed by atoms with van der Waals surface area (Å²) in [7, 11) is 4.04. The van der Waals surface area contributed by atoms with Gasteiger partial charge in [0.15, 0.2) is 0 Å². The Morgan fingerprint density at radius 3 is 1.44 bits per heavy atom. The monoisotopic (exact) mass is 544 g/mol. The van der Waals surface area contributed by atoms with Crippen molar-refractivity contribution in [3.05, 3.63) is 96.1 Å². The molecular formula is C34H36N6O. The summed E-state index contributed by atoms with van der Waals surface area (Å²) in [6.45, 7) is 8.79. The van der Waals surface area contributed by atoms with Crippen LogP contribution in [-0.2, 0) is 14.1 Å². The van der Waals surface area contributed by atoms with Crippen LogP contribution in [0.3, 0.4) is 0 Å². The Labute approximate surface area is 240 Å². The lowest BCUT2D eigenvalue weighted by Gasteiger charge is -2.10. The predicted molar refractivity (Wildman–Crippen MR) is 169 cm³/mol. The number of ether oxygens (including phenoxy) is 1. The van der Waals surface area contributed by atoms with E-state index < -0.39 is 0 Å². The SMILES string of the molecule is CC(C)c1cccc(Nc2nc3cc(Oc4ccc5c(c4)nc(Nc4cccc(C(C)C)c4)n5C)ccc3n2C)c1. The second-order valence-electron chi connectivity index (χ2n) is 11.2. The Bertz CT molecular complexity index is 1730. The van der Waals surface area contributed by atoms with E-state index in [1.54, 1.807) is 0 Å². The van der Waals surface area contributed by atoms with E-state index in [1.165, 1.54) is 11.1 Å². The van der Waals surface area contributed by atoms with Gasteiger partial charge in [-0.05, 0) is 71.5 Å². The number of nitrogens with zero attached hydrogens (tertiary/aromatic N) is 4. The highest BCUT2D eigenvalue weighted by Gasteiger charge is 2.13. The summed E-state index contributed by atoms with van der Waals surface area (Å²) in [6, 6.07) is 28.9. The molecular weight excluding hydrogens is 508 g/mol. The van der Waals surface area contributed by atoms with Crippen LogP contribution in [-0.4, -0.2) is 19.1 Å². The average Bonchev–Trinajstić information content (AvgIpc) is 3.43. The molecule has 0 atom stereocenters. The summed E-state index contributed by atoms with van der Waals surface area (Å²) < 4.78 is 10.4. The van der Waals surface area contributed by atoms with Gasteiger partial charge in [0.2, 0.25) is 11.9 Å². The highest BCUT2D eigenvalue weighted by atomic mass is 16.5. The first kappa shape index (κ1) is 26.4. The lowest BCUT2D eigenvalue weighted by Crippen LogP contribution is -1.99. The average molecular weight is 545 g/mol. The zero-order chi connectivity index (χ0) is 28.7. The molecule has 6 aromatic rings. The number of fused-ring (bicyclic) bond motifs is 2. The summed E-state index contributed by atoms with van der Waals surface area (Å²) in [5.74, 6) is 3.95. The quantitative estimate of drug-likeness (QED) is 0.200. The molecule has 0 fully saturated rings. The molecule has 0 bridgehead atoms. The Kier molecular flexibility index (Phi) is 6.87. The fourth-order valence-corrected chi connectivity index (χ4v) is 5.06. The third-order valence-corrected chi connectivity index (χ3v) is 7.56. The topological polar surface area (TPSA) is 68.9 Å². The maximum Gasteiger partial charge on any atom is 0.208 e. The number of aromatic nitrogens is 4. The van der Waals surface area contributed by atoms with Crippen molar-refractivity contribution in [3.63, 3.8) is 0 Å². The first-order valence-electron chi connectivity index (χ1n) is 14.1. The van der Waals surface area contributed by atoms with Gasteiger partial charge in [0.25, 0.3) is 0 Å². The molecule has 0 aliphatic rings. The largest absolute Gasteiger partial charge is 0.457 e. The number of benzene rings is 4. The zero-order valence-electron chi connectivity index (χ0n) is 24.4. The number of aryl methyl sites for hydroxylation is 2. The maximum absolute atomic E-state index is 6.27. The number of imidazole rings is 2. The van der Waals surface area contributed by atoms with Gasteiger partial charge in [-0.25, -0.2) is 9.97 Å². The van der Waals surface area contributed by atoms with E-state index in [0.717, 1.165) is 56.8 Å². The number of hydrogen-bond acceptors (Lipinski definition) is 5. The lowest BCUT2D eigenvalue weighted by atomic mass is 10.0. The Hall–Kier alpha value is -4.78. The van der Waals surface area contributed by atoms with Crippen LogP contribution in [0.4, 0.5) is 23.3 Å². The van der Waals surface area contributed by atoms with Gasteiger partial charge in [-0.15, -0.1) is 0 Å². The highest BCUT2D eigenvalue weighted by molar-refractivity contribution is 5.83. The smallest absolute Gasteiger partial charge is 0.208 e. The standard InChI is InChI=1S/C34H36N6O/c1-21(2)23-9-7-11-25(17-23)35-33-37-29-19-27(13-15-31(29)39(33)5)41-28-14-16-32-30(20-28)38-34(40(32)6)36-26-12-8-10-24(18-26)22(3)4/h7-22H,1-6H3,(H,35,37)(H,36,38). The summed E-state index contributed by atoms with van der Waals surface area (Å²) in [5, 5.41) is 6.95. The van der Waals surface area contributed by atoms with E-state index in [2.05, 4.69) is 96.0 Å². The van der Waals surface area contributed by atoms with Crippen LogP contribution >= 0.6 is 0 Å². The molecule has 208 valence electrons. The normalized spacial score (nSPS) is 11.6. The molecule has 4 aromatic carbocycles. The molecule has 2 heterocycles. The third kappa shape index (κ3) is 5.35. The van der Waals surface area contributed by atoms with Crippen LogP contribution in [0.1, 0.15) is 50.7 Å². The molecule has 2 N–H and O–H groups in total. The number of rotatable bonds is 8. The van der Waals surface area contributed by atoms with Crippen LogP contribution in [0, 0.1) is 0 Å². The molecule has 0 aliphatic heterocycles. The van der Waals surface area contributed by atoms with Crippen LogP contribution in [0.15, 0.2) is 84.9 Å². The minimum Gasteiger partial charge on any atom is -0.457 e. The first-order valence-corrected chi connectivity index (χ1v) is 14.1. The van der Waals surface area contributed by atoms with E-state index >= 15 is 0 Å². The van der Waals surface area contributed by atoms with E-state index in [0.29, 0.717) is 11.8 Å². The predicted octanol–water partition coefficient (Wildman–Crippen LogP) is 8.99. The van der Waals surface area contributed by atoms with Crippen molar-refractivity contribution < 1.29 is 4.74 Å². The number of hydrogen-bond donors (Lipinski definition) is 2. The highest BCUT2D eigenvalue weighted by Crippen LogP contribution is 2.31. The third-order valence-electron chi connectivity index (χ3n) is 7.56. The summed E-state index contributed by atoms with van der Waals surface area (Å²) >= 11 is 0. The first-order chi connectivity index (χ1) is 19.7. The van der Waals surface area contributed by atoms with Crippen molar-refractivity contribution in [2.24, 2.45) is 14.1 Å². The van der Waals surface area contributed by atoms with E-state index in [-0.39, 0.29) is 0 Å². The second kappa shape index (κ2) is 10.7. The molecule has 0 saturated heterocycles. The molecule has 7 nitrogen and oxygen atoms in total. The Morgan fingerprint density at radius 2 is 1.02 bits per heavy atom. The van der Waals surface area contributed by atoms with Crippen LogP contribution in [0.25, 0.3) is 22.1 Å². The molecule has 0 saturated carbocycles. The van der Waals surface area contributed by atoms with Gasteiger partial charge in [0, 0.05) is 37.6 Å². The zero-order valence-corrected chi connectivity index (χ0v) is 24.4. The van der Waals surface area contributed by atoms with Crippen molar-refractivity contribution in [3.8, 4) is 11.5 Å². The lowest BCUT2D eigenvalue weighted by molar-refractivity contribution is 0.484. The minimum absolute atomic E-state index is 0.465. The van der Waals surface area contributed by atoms with Gasteiger partial charge < -0.3 is 24.5 Å². The van der Waals surface area contributed by atoms with Gasteiger partial charge in [-0.1, -0.05) is 52.0 Å². The van der Waals surface area contributed by atoms with E-state index in [4.69, 9.17) is 14.7 Å². The number of nitrogens with one attached hydrogen (secondary N) is 2. The van der Waals surface area contributed by atoms with Gasteiger partial charge >= 0.3 is 0 Å². The molecule has 41 heavy (non-hydrogen) atoms. The fourth-order valence-electron chi connectivity index (χ4n) is 5.06. The molecule has 0 amide bonds. The van der Waals surface area contributed by atoms with Crippen LogP contribution < -0.4 is 15.4 Å². The van der Waals surface area contributed by atoms with Gasteiger partial charge in [-0.3, -0.25) is 0 Å². The van der Waals surface area contributed by atoms with Crippen LogP contribution in [0.5, 0.6) is 11.5 Å². The molecule has 0 spiro atoms. The molecule has 2 aromatic heterocycles. The van der Waals surface area contributed by atoms with E-state index in [1.807, 2.05) is 50.5 Å². The molecule has 6 rings (SSSR count). The molecule has 0 radical (unpaired) electrons. The van der Waals surface area contributed by atoms with E-state index in [9.17, 15) is 0 Å². The number of anilines is 4. The maximum atomic E-state index is 6.27. The Balaban J connectivity index is 1.23. The van der Waals surface area contributed by atoms with Gasteiger partial charge in [0.1, 0.15) is 11.5 Å². The van der Waals surface area contributed by atoms with Crippen molar-refractivity contribution in [2.45, 2.75) is 39.5 Å². The van der Waals surface area contributed by atoms with Crippen molar-refractivity contribution in [1.29, 1.82) is 0 Å². The summed E-state index contributed by atoms with van der Waals surface area (Å²) in [6.07, 6.45) is 0. The molecule has 7 heteroatoms. The van der Waals surface area contributed by atoms with Gasteiger partial charge in [-0.2, -0.15) is 0 Å². The van der Waals surface area contributed by atoms with Crippen molar-refractivity contribution in [2.75, 3.05) is 10.6 Å². The Morgan fingerprint density at radius 1 is 0.585 bits per heavy atom. The molecule has 0 aliphatic carbocycles.